The van der Waals surface area contributed by atoms with E-state index in [-0.39, 0.29) is 23.3 Å². The molecule has 0 aromatic heterocycles. The highest BCUT2D eigenvalue weighted by atomic mass is 35.5. The van der Waals surface area contributed by atoms with Crippen molar-refractivity contribution in [2.24, 2.45) is 0 Å². The van der Waals surface area contributed by atoms with Crippen molar-refractivity contribution in [2.75, 3.05) is 38.7 Å². The molecule has 7 nitrogen and oxygen atoms in total. The number of carbonyl (C=O) groups is 1. The third-order valence-corrected chi connectivity index (χ3v) is 10.7. The van der Waals surface area contributed by atoms with Crippen LogP contribution in [0.15, 0.2) is 83.8 Å². The topological polar surface area (TPSA) is 87.2 Å². The van der Waals surface area contributed by atoms with Crippen LogP contribution in [-0.2, 0) is 20.2 Å². The van der Waals surface area contributed by atoms with Gasteiger partial charge in [0.15, 0.2) is 9.84 Å². The first kappa shape index (κ1) is 30.0. The highest BCUT2D eigenvalue weighted by Crippen LogP contribution is 2.39. The Morgan fingerprint density at radius 1 is 0.878 bits per heavy atom. The Kier molecular flexibility index (Phi) is 9.09. The average Bonchev–Trinajstić information content (AvgIpc) is 2.98. The van der Waals surface area contributed by atoms with Gasteiger partial charge in [-0.25, -0.2) is 8.42 Å². The number of halogens is 2. The average molecular weight is 618 g/mol. The number of carbonyl (C=O) groups excluding carboxylic acids is 1. The number of nitrogens with zero attached hydrogens (tertiary/aromatic N) is 2. The van der Waals surface area contributed by atoms with Crippen LogP contribution in [0.25, 0.3) is 0 Å². The number of hydrogen-bond acceptors (Lipinski definition) is 6. The van der Waals surface area contributed by atoms with Gasteiger partial charge in [0.05, 0.1) is 32.8 Å². The van der Waals surface area contributed by atoms with Crippen LogP contribution in [0.5, 0.6) is 0 Å². The molecule has 10 heteroatoms. The molecule has 0 radical (unpaired) electrons. The van der Waals surface area contributed by atoms with Crippen LogP contribution >= 0.6 is 23.2 Å². The predicted octanol–water partition coefficient (Wildman–Crippen LogP) is 5.40. The van der Waals surface area contributed by atoms with Crippen molar-refractivity contribution in [1.82, 2.24) is 9.80 Å². The van der Waals surface area contributed by atoms with Crippen molar-refractivity contribution in [1.29, 1.82) is 0 Å². The quantitative estimate of drug-likeness (QED) is 0.365. The maximum Gasteiger partial charge on any atom is 0.253 e. The molecule has 1 atom stereocenters. The van der Waals surface area contributed by atoms with Gasteiger partial charge in [-0.15, -0.1) is 0 Å². The zero-order chi connectivity index (χ0) is 29.1. The molecule has 1 unspecified atom stereocenters. The summed E-state index contributed by atoms with van der Waals surface area (Å²) in [5, 5.41) is 12.0. The summed E-state index contributed by atoms with van der Waals surface area (Å²) >= 11 is 12.6. The lowest BCUT2D eigenvalue weighted by Crippen LogP contribution is -2.53. The number of amides is 1. The molecule has 2 saturated heterocycles. The van der Waals surface area contributed by atoms with Gasteiger partial charge in [-0.05, 0) is 67.6 Å². The smallest absolute Gasteiger partial charge is 0.253 e. The van der Waals surface area contributed by atoms with E-state index in [1.165, 1.54) is 0 Å². The van der Waals surface area contributed by atoms with Crippen molar-refractivity contribution >= 4 is 38.9 Å². The minimum absolute atomic E-state index is 0.0546. The van der Waals surface area contributed by atoms with E-state index in [0.717, 1.165) is 12.0 Å². The summed E-state index contributed by atoms with van der Waals surface area (Å²) in [6.07, 6.45) is 2.05. The summed E-state index contributed by atoms with van der Waals surface area (Å²) < 4.78 is 32.5. The zero-order valence-electron chi connectivity index (χ0n) is 22.7. The Morgan fingerprint density at radius 2 is 1.54 bits per heavy atom. The van der Waals surface area contributed by atoms with Crippen LogP contribution in [-0.4, -0.2) is 73.5 Å². The molecule has 0 aliphatic carbocycles. The summed E-state index contributed by atoms with van der Waals surface area (Å²) in [5.74, 6) is -0.372. The number of likely N-dealkylation sites (tertiary alicyclic amines) is 2. The number of rotatable bonds is 8. The molecule has 5 rings (SSSR count). The number of aliphatic hydroxyl groups is 1. The van der Waals surface area contributed by atoms with Crippen LogP contribution in [0.2, 0.25) is 10.0 Å². The molecule has 41 heavy (non-hydrogen) atoms. The Hall–Kier alpha value is -2.46. The summed E-state index contributed by atoms with van der Waals surface area (Å²) in [7, 11) is -3.62. The van der Waals surface area contributed by atoms with Gasteiger partial charge in [-0.3, -0.25) is 9.69 Å². The van der Waals surface area contributed by atoms with E-state index in [4.69, 9.17) is 27.9 Å². The van der Waals surface area contributed by atoms with Crippen LogP contribution in [0, 0.1) is 0 Å². The van der Waals surface area contributed by atoms with Crippen LogP contribution < -0.4 is 0 Å². The van der Waals surface area contributed by atoms with E-state index >= 15 is 0 Å². The zero-order valence-corrected chi connectivity index (χ0v) is 25.0. The maximum absolute atomic E-state index is 13.4. The molecule has 3 aromatic rings. The molecule has 2 aliphatic heterocycles. The summed E-state index contributed by atoms with van der Waals surface area (Å²) in [6, 6.07) is 22.9. The molecule has 3 aromatic carbocycles. The summed E-state index contributed by atoms with van der Waals surface area (Å²) in [5.41, 5.74) is -0.643. The van der Waals surface area contributed by atoms with Gasteiger partial charge < -0.3 is 14.7 Å². The van der Waals surface area contributed by atoms with Gasteiger partial charge >= 0.3 is 0 Å². The van der Waals surface area contributed by atoms with Crippen molar-refractivity contribution in [3.05, 3.63) is 100 Å². The Labute approximate surface area is 251 Å². The van der Waals surface area contributed by atoms with Gasteiger partial charge in [-0.2, -0.15) is 0 Å². The fraction of sp³-hybridized carbons (Fsp3) is 0.387. The lowest BCUT2D eigenvalue weighted by Gasteiger charge is -2.45. The van der Waals surface area contributed by atoms with Crippen LogP contribution in [0.4, 0.5) is 0 Å². The Bertz CT molecular complexity index is 1460. The molecular formula is C31H34Cl2N2O5S. The second-order valence-electron chi connectivity index (χ2n) is 11.0. The molecule has 0 spiro atoms. The Morgan fingerprint density at radius 3 is 2.20 bits per heavy atom. The largest absolute Gasteiger partial charge is 0.389 e. The number of hydrogen-bond donors (Lipinski definition) is 1. The van der Waals surface area contributed by atoms with E-state index in [1.54, 1.807) is 36.4 Å². The third-order valence-electron chi connectivity index (χ3n) is 8.08. The second kappa shape index (κ2) is 12.4. The highest BCUT2D eigenvalue weighted by Gasteiger charge is 2.42. The van der Waals surface area contributed by atoms with Crippen molar-refractivity contribution < 1.29 is 23.1 Å². The molecule has 1 N–H and O–H groups in total. The summed E-state index contributed by atoms with van der Waals surface area (Å²) in [6.45, 7) is 2.18. The van der Waals surface area contributed by atoms with E-state index in [9.17, 15) is 18.3 Å². The molecular weight excluding hydrogens is 583 g/mol. The van der Waals surface area contributed by atoms with Crippen LogP contribution in [0.3, 0.4) is 0 Å². The van der Waals surface area contributed by atoms with Gasteiger partial charge in [0.1, 0.15) is 12.3 Å². The van der Waals surface area contributed by atoms with Crippen LogP contribution in [0.1, 0.15) is 41.6 Å². The molecule has 1 amide bonds. The number of ether oxygens (including phenoxy) is 1. The first-order chi connectivity index (χ1) is 19.6. The number of sulfone groups is 1. The van der Waals surface area contributed by atoms with Gasteiger partial charge in [0.2, 0.25) is 0 Å². The van der Waals surface area contributed by atoms with Crippen molar-refractivity contribution in [3.8, 4) is 0 Å². The van der Waals surface area contributed by atoms with Crippen molar-refractivity contribution in [3.63, 3.8) is 0 Å². The minimum Gasteiger partial charge on any atom is -0.389 e. The third kappa shape index (κ3) is 6.96. The van der Waals surface area contributed by atoms with Gasteiger partial charge in [-0.1, -0.05) is 65.7 Å². The lowest BCUT2D eigenvalue weighted by atomic mass is 9.85. The first-order valence-electron chi connectivity index (χ1n) is 13.8. The van der Waals surface area contributed by atoms with Gasteiger partial charge in [0, 0.05) is 25.2 Å². The molecule has 218 valence electrons. The SMILES string of the molecule is O=C(c1ccccc1)N1CCCC(OCN2CCC(O)(CS(=O)(=O)c3ccccc3)CC2)(c2ccc(Cl)c(Cl)c2)C1. The fourth-order valence-electron chi connectivity index (χ4n) is 5.70. The standard InChI is InChI=1S/C31H34Cl2N2O5S/c32-27-13-12-25(20-28(27)33)31(14-7-17-35(21-31)29(36)24-8-3-1-4-9-24)40-23-34-18-15-30(37,16-19-34)22-41(38,39)26-10-5-2-6-11-26/h1-6,8-13,20,37H,7,14-19,21-23H2. The highest BCUT2D eigenvalue weighted by molar-refractivity contribution is 7.91. The Balaban J connectivity index is 1.29. The molecule has 2 heterocycles. The number of piperidine rings is 2. The first-order valence-corrected chi connectivity index (χ1v) is 16.2. The summed E-state index contributed by atoms with van der Waals surface area (Å²) in [4.78, 5) is 17.5. The fourth-order valence-corrected chi connectivity index (χ4v) is 7.73. The molecule has 2 aliphatic rings. The predicted molar refractivity (Wildman–Crippen MR) is 160 cm³/mol. The molecule has 0 bridgehead atoms. The molecule has 0 saturated carbocycles. The van der Waals surface area contributed by atoms with E-state index in [2.05, 4.69) is 4.90 Å². The van der Waals surface area contributed by atoms with E-state index < -0.39 is 21.0 Å². The monoisotopic (exact) mass is 616 g/mol. The number of benzene rings is 3. The van der Waals surface area contributed by atoms with Crippen molar-refractivity contribution in [2.45, 2.75) is 41.8 Å². The van der Waals surface area contributed by atoms with E-state index in [1.807, 2.05) is 47.4 Å². The second-order valence-corrected chi connectivity index (χ2v) is 13.8. The normalized spacial score (nSPS) is 21.5. The van der Waals surface area contributed by atoms with Gasteiger partial charge in [0.25, 0.3) is 5.91 Å². The lowest BCUT2D eigenvalue weighted by molar-refractivity contribution is -0.137. The molecule has 2 fully saturated rings. The van der Waals surface area contributed by atoms with E-state index in [0.29, 0.717) is 61.1 Å². The maximum atomic E-state index is 13.4. The minimum atomic E-state index is -3.62.